The minimum atomic E-state index is 0.484. The molecule has 0 aliphatic carbocycles. The Morgan fingerprint density at radius 2 is 1.95 bits per heavy atom. The number of benzene rings is 1. The third kappa shape index (κ3) is 5.07. The SMILES string of the molecule is CCNCc1ccc(OCCOCc2ccco2)cc1. The molecule has 2 rings (SSSR count). The normalized spacial score (nSPS) is 10.7. The minimum Gasteiger partial charge on any atom is -0.491 e. The molecule has 1 heterocycles. The molecule has 0 bridgehead atoms. The van der Waals surface area contributed by atoms with E-state index in [1.165, 1.54) is 5.56 Å². The molecule has 0 spiro atoms. The predicted octanol–water partition coefficient (Wildman–Crippen LogP) is 2.98. The molecule has 4 heteroatoms. The van der Waals surface area contributed by atoms with Gasteiger partial charge in [0.15, 0.2) is 0 Å². The van der Waals surface area contributed by atoms with Crippen LogP contribution in [0.25, 0.3) is 0 Å². The fraction of sp³-hybridized carbons (Fsp3) is 0.375. The Balaban J connectivity index is 1.61. The molecule has 1 aromatic heterocycles. The van der Waals surface area contributed by atoms with E-state index in [-0.39, 0.29) is 0 Å². The minimum absolute atomic E-state index is 0.484. The summed E-state index contributed by atoms with van der Waals surface area (Å²) in [6.45, 7) is 5.53. The highest BCUT2D eigenvalue weighted by molar-refractivity contribution is 5.27. The van der Waals surface area contributed by atoms with Gasteiger partial charge in [0.2, 0.25) is 0 Å². The van der Waals surface area contributed by atoms with Crippen molar-refractivity contribution in [2.24, 2.45) is 0 Å². The summed E-state index contributed by atoms with van der Waals surface area (Å²) in [6.07, 6.45) is 1.64. The molecule has 0 saturated carbocycles. The lowest BCUT2D eigenvalue weighted by Crippen LogP contribution is -2.11. The van der Waals surface area contributed by atoms with E-state index in [0.29, 0.717) is 19.8 Å². The molecule has 0 aliphatic heterocycles. The van der Waals surface area contributed by atoms with Crippen molar-refractivity contribution >= 4 is 0 Å². The van der Waals surface area contributed by atoms with Crippen molar-refractivity contribution in [3.8, 4) is 5.75 Å². The highest BCUT2D eigenvalue weighted by Gasteiger charge is 1.97. The topological polar surface area (TPSA) is 43.6 Å². The van der Waals surface area contributed by atoms with Crippen molar-refractivity contribution < 1.29 is 13.9 Å². The first-order valence-corrected chi connectivity index (χ1v) is 6.91. The van der Waals surface area contributed by atoms with E-state index in [2.05, 4.69) is 24.4 Å². The van der Waals surface area contributed by atoms with Crippen LogP contribution in [0.2, 0.25) is 0 Å². The highest BCUT2D eigenvalue weighted by Crippen LogP contribution is 2.12. The molecule has 20 heavy (non-hydrogen) atoms. The largest absolute Gasteiger partial charge is 0.491 e. The monoisotopic (exact) mass is 275 g/mol. The molecule has 1 N–H and O–H groups in total. The van der Waals surface area contributed by atoms with Gasteiger partial charge in [0, 0.05) is 6.54 Å². The van der Waals surface area contributed by atoms with E-state index in [9.17, 15) is 0 Å². The fourth-order valence-corrected chi connectivity index (χ4v) is 1.76. The first-order valence-electron chi connectivity index (χ1n) is 6.91. The van der Waals surface area contributed by atoms with Crippen molar-refractivity contribution in [2.75, 3.05) is 19.8 Å². The summed E-state index contributed by atoms with van der Waals surface area (Å²) >= 11 is 0. The first kappa shape index (κ1) is 14.6. The van der Waals surface area contributed by atoms with Crippen molar-refractivity contribution in [1.82, 2.24) is 5.32 Å². The summed E-state index contributed by atoms with van der Waals surface area (Å²) in [5, 5.41) is 3.29. The lowest BCUT2D eigenvalue weighted by atomic mass is 10.2. The highest BCUT2D eigenvalue weighted by atomic mass is 16.5. The van der Waals surface area contributed by atoms with Crippen molar-refractivity contribution in [1.29, 1.82) is 0 Å². The van der Waals surface area contributed by atoms with Gasteiger partial charge in [0.25, 0.3) is 0 Å². The standard InChI is InChI=1S/C16H21NO3/c1-2-17-12-14-5-7-15(8-6-14)20-11-10-18-13-16-4-3-9-19-16/h3-9,17H,2,10-13H2,1H3. The Morgan fingerprint density at radius 1 is 1.10 bits per heavy atom. The first-order chi connectivity index (χ1) is 9.88. The fourth-order valence-electron chi connectivity index (χ4n) is 1.76. The summed E-state index contributed by atoms with van der Waals surface area (Å²) in [5.74, 6) is 1.70. The van der Waals surface area contributed by atoms with Gasteiger partial charge < -0.3 is 19.2 Å². The van der Waals surface area contributed by atoms with Crippen LogP contribution in [0, 0.1) is 0 Å². The Bertz CT molecular complexity index is 465. The number of hydrogen-bond donors (Lipinski definition) is 1. The molecular weight excluding hydrogens is 254 g/mol. The molecule has 108 valence electrons. The van der Waals surface area contributed by atoms with Gasteiger partial charge in [0.05, 0.1) is 12.9 Å². The number of rotatable bonds is 9. The van der Waals surface area contributed by atoms with Crippen LogP contribution in [0.1, 0.15) is 18.2 Å². The third-order valence-corrected chi connectivity index (χ3v) is 2.82. The second kappa shape index (κ2) is 8.40. The molecule has 0 radical (unpaired) electrons. The van der Waals surface area contributed by atoms with Gasteiger partial charge in [-0.3, -0.25) is 0 Å². The average Bonchev–Trinajstić information content (AvgIpc) is 2.99. The van der Waals surface area contributed by atoms with Gasteiger partial charge in [-0.1, -0.05) is 19.1 Å². The second-order valence-electron chi connectivity index (χ2n) is 4.40. The van der Waals surface area contributed by atoms with Gasteiger partial charge >= 0.3 is 0 Å². The summed E-state index contributed by atoms with van der Waals surface area (Å²) in [4.78, 5) is 0. The molecule has 1 aromatic carbocycles. The second-order valence-corrected chi connectivity index (χ2v) is 4.40. The van der Waals surface area contributed by atoms with Crippen LogP contribution in [-0.4, -0.2) is 19.8 Å². The Morgan fingerprint density at radius 3 is 2.65 bits per heavy atom. The Labute approximate surface area is 119 Å². The molecular formula is C16H21NO3. The maximum atomic E-state index is 5.61. The maximum Gasteiger partial charge on any atom is 0.129 e. The van der Waals surface area contributed by atoms with E-state index in [1.54, 1.807) is 6.26 Å². The van der Waals surface area contributed by atoms with Crippen LogP contribution in [-0.2, 0) is 17.9 Å². The van der Waals surface area contributed by atoms with Gasteiger partial charge in [-0.2, -0.15) is 0 Å². The zero-order valence-corrected chi connectivity index (χ0v) is 11.8. The number of ether oxygens (including phenoxy) is 2. The molecule has 0 saturated heterocycles. The number of hydrogen-bond acceptors (Lipinski definition) is 4. The number of nitrogens with one attached hydrogen (secondary N) is 1. The van der Waals surface area contributed by atoms with E-state index in [4.69, 9.17) is 13.9 Å². The van der Waals surface area contributed by atoms with Gasteiger partial charge in [-0.05, 0) is 36.4 Å². The molecule has 0 unspecified atom stereocenters. The smallest absolute Gasteiger partial charge is 0.129 e. The van der Waals surface area contributed by atoms with Crippen molar-refractivity contribution in [3.05, 3.63) is 54.0 Å². The van der Waals surface area contributed by atoms with E-state index >= 15 is 0 Å². The van der Waals surface area contributed by atoms with Crippen LogP contribution >= 0.6 is 0 Å². The van der Waals surface area contributed by atoms with Crippen LogP contribution in [0.3, 0.4) is 0 Å². The zero-order valence-electron chi connectivity index (χ0n) is 11.8. The van der Waals surface area contributed by atoms with Gasteiger partial charge in [0.1, 0.15) is 24.7 Å². The summed E-state index contributed by atoms with van der Waals surface area (Å²) in [5.41, 5.74) is 1.26. The van der Waals surface area contributed by atoms with Crippen LogP contribution in [0.5, 0.6) is 5.75 Å². The van der Waals surface area contributed by atoms with E-state index in [0.717, 1.165) is 24.6 Å². The third-order valence-electron chi connectivity index (χ3n) is 2.82. The van der Waals surface area contributed by atoms with E-state index < -0.39 is 0 Å². The Hall–Kier alpha value is -1.78. The van der Waals surface area contributed by atoms with Gasteiger partial charge in [-0.25, -0.2) is 0 Å². The molecule has 2 aromatic rings. The summed E-state index contributed by atoms with van der Waals surface area (Å²) < 4.78 is 16.2. The summed E-state index contributed by atoms with van der Waals surface area (Å²) in [6, 6.07) is 11.9. The predicted molar refractivity (Wildman–Crippen MR) is 77.7 cm³/mol. The molecule has 4 nitrogen and oxygen atoms in total. The summed E-state index contributed by atoms with van der Waals surface area (Å²) in [7, 11) is 0. The lowest BCUT2D eigenvalue weighted by Gasteiger charge is -2.08. The number of furan rings is 1. The average molecular weight is 275 g/mol. The van der Waals surface area contributed by atoms with Crippen LogP contribution < -0.4 is 10.1 Å². The van der Waals surface area contributed by atoms with Crippen molar-refractivity contribution in [2.45, 2.75) is 20.1 Å². The Kier molecular flexibility index (Phi) is 6.14. The van der Waals surface area contributed by atoms with E-state index in [1.807, 2.05) is 24.3 Å². The molecule has 0 aliphatic rings. The van der Waals surface area contributed by atoms with Crippen LogP contribution in [0.4, 0.5) is 0 Å². The molecule has 0 atom stereocenters. The van der Waals surface area contributed by atoms with Gasteiger partial charge in [-0.15, -0.1) is 0 Å². The maximum absolute atomic E-state index is 5.61. The quantitative estimate of drug-likeness (QED) is 0.714. The molecule has 0 amide bonds. The van der Waals surface area contributed by atoms with Crippen molar-refractivity contribution in [3.63, 3.8) is 0 Å². The van der Waals surface area contributed by atoms with Crippen LogP contribution in [0.15, 0.2) is 47.1 Å². The zero-order chi connectivity index (χ0) is 14.0. The molecule has 0 fully saturated rings. The lowest BCUT2D eigenvalue weighted by molar-refractivity contribution is 0.0781.